The molecule has 0 atom stereocenters. The van der Waals surface area contributed by atoms with Crippen molar-refractivity contribution in [1.82, 2.24) is 5.32 Å². The van der Waals surface area contributed by atoms with E-state index in [1.807, 2.05) is 13.8 Å². The standard InChI is InChI=1S/C13H26N2O2/c1-3-13(4-2,9-14)11(17)15-10-12(5-6-12)7-8-16/h16H,3-10,14H2,1-2H3,(H,15,17). The Balaban J connectivity index is 2.48. The van der Waals surface area contributed by atoms with E-state index in [1.54, 1.807) is 0 Å². The van der Waals surface area contributed by atoms with Crippen LogP contribution in [-0.4, -0.2) is 30.7 Å². The van der Waals surface area contributed by atoms with Crippen molar-refractivity contribution in [3.05, 3.63) is 0 Å². The fraction of sp³-hybridized carbons (Fsp3) is 0.923. The van der Waals surface area contributed by atoms with E-state index in [9.17, 15) is 4.79 Å². The normalized spacial score (nSPS) is 17.9. The maximum absolute atomic E-state index is 12.2. The van der Waals surface area contributed by atoms with Crippen LogP contribution in [0.2, 0.25) is 0 Å². The zero-order chi connectivity index (χ0) is 12.9. The summed E-state index contributed by atoms with van der Waals surface area (Å²) in [5.41, 5.74) is 5.51. The third-order valence-electron chi connectivity index (χ3n) is 4.45. The first-order chi connectivity index (χ1) is 8.08. The van der Waals surface area contributed by atoms with Crippen LogP contribution in [0.5, 0.6) is 0 Å². The first-order valence-corrected chi connectivity index (χ1v) is 6.67. The topological polar surface area (TPSA) is 75.4 Å². The van der Waals surface area contributed by atoms with E-state index in [4.69, 9.17) is 10.8 Å². The molecule has 1 amide bonds. The van der Waals surface area contributed by atoms with Crippen molar-refractivity contribution < 1.29 is 9.90 Å². The molecule has 0 spiro atoms. The molecule has 0 heterocycles. The molecule has 0 unspecified atom stereocenters. The van der Waals surface area contributed by atoms with Crippen molar-refractivity contribution in [2.24, 2.45) is 16.6 Å². The van der Waals surface area contributed by atoms with Crippen LogP contribution in [0.3, 0.4) is 0 Å². The monoisotopic (exact) mass is 242 g/mol. The van der Waals surface area contributed by atoms with E-state index in [2.05, 4.69) is 5.32 Å². The molecule has 17 heavy (non-hydrogen) atoms. The second kappa shape index (κ2) is 5.83. The summed E-state index contributed by atoms with van der Waals surface area (Å²) in [7, 11) is 0. The zero-order valence-corrected chi connectivity index (χ0v) is 11.1. The molecule has 0 aromatic carbocycles. The smallest absolute Gasteiger partial charge is 0.227 e. The molecule has 1 rings (SSSR count). The minimum absolute atomic E-state index is 0.0780. The van der Waals surface area contributed by atoms with Crippen LogP contribution in [-0.2, 0) is 4.79 Å². The maximum atomic E-state index is 12.2. The number of aliphatic hydroxyl groups excluding tert-OH is 1. The number of aliphatic hydroxyl groups is 1. The zero-order valence-electron chi connectivity index (χ0n) is 11.1. The molecule has 1 saturated carbocycles. The molecule has 1 aliphatic carbocycles. The van der Waals surface area contributed by atoms with Gasteiger partial charge in [0.05, 0.1) is 5.41 Å². The van der Waals surface area contributed by atoms with Crippen molar-refractivity contribution in [3.8, 4) is 0 Å². The minimum atomic E-state index is -0.407. The molecule has 0 aromatic heterocycles. The van der Waals surface area contributed by atoms with Gasteiger partial charge in [0.2, 0.25) is 5.91 Å². The molecule has 0 bridgehead atoms. The van der Waals surface area contributed by atoms with Crippen molar-refractivity contribution in [2.75, 3.05) is 19.7 Å². The Morgan fingerprint density at radius 2 is 2.00 bits per heavy atom. The summed E-state index contributed by atoms with van der Waals surface area (Å²) in [5, 5.41) is 12.0. The second-order valence-electron chi connectivity index (χ2n) is 5.35. The molecule has 1 fully saturated rings. The van der Waals surface area contributed by atoms with Gasteiger partial charge in [-0.2, -0.15) is 0 Å². The van der Waals surface area contributed by atoms with Gasteiger partial charge < -0.3 is 16.2 Å². The van der Waals surface area contributed by atoms with E-state index in [0.29, 0.717) is 13.1 Å². The average molecular weight is 242 g/mol. The van der Waals surface area contributed by atoms with Gasteiger partial charge in [-0.3, -0.25) is 4.79 Å². The fourth-order valence-electron chi connectivity index (χ4n) is 2.34. The third-order valence-corrected chi connectivity index (χ3v) is 4.45. The van der Waals surface area contributed by atoms with Crippen molar-refractivity contribution in [3.63, 3.8) is 0 Å². The molecule has 0 saturated heterocycles. The number of nitrogens with one attached hydrogen (secondary N) is 1. The Labute approximate surface area is 104 Å². The second-order valence-corrected chi connectivity index (χ2v) is 5.35. The highest BCUT2D eigenvalue weighted by Gasteiger charge is 2.43. The molecular weight excluding hydrogens is 216 g/mol. The van der Waals surface area contributed by atoms with Crippen LogP contribution in [0.15, 0.2) is 0 Å². The number of hydrogen-bond donors (Lipinski definition) is 3. The van der Waals surface area contributed by atoms with E-state index in [0.717, 1.165) is 32.1 Å². The van der Waals surface area contributed by atoms with Gasteiger partial charge in [-0.1, -0.05) is 13.8 Å². The lowest BCUT2D eigenvalue weighted by Gasteiger charge is -2.29. The number of amides is 1. The number of carbonyl (C=O) groups excluding carboxylic acids is 1. The van der Waals surface area contributed by atoms with Gasteiger partial charge in [-0.05, 0) is 37.5 Å². The van der Waals surface area contributed by atoms with Gasteiger partial charge in [0.25, 0.3) is 0 Å². The molecule has 0 radical (unpaired) electrons. The first-order valence-electron chi connectivity index (χ1n) is 6.67. The van der Waals surface area contributed by atoms with Crippen LogP contribution in [0.1, 0.15) is 46.0 Å². The largest absolute Gasteiger partial charge is 0.396 e. The summed E-state index contributed by atoms with van der Waals surface area (Å²) in [6, 6.07) is 0. The Bertz CT molecular complexity index is 250. The quantitative estimate of drug-likeness (QED) is 0.595. The van der Waals surface area contributed by atoms with Crippen LogP contribution in [0, 0.1) is 10.8 Å². The highest BCUT2D eigenvalue weighted by molar-refractivity contribution is 5.82. The third kappa shape index (κ3) is 3.19. The molecular formula is C13H26N2O2. The van der Waals surface area contributed by atoms with Crippen molar-refractivity contribution >= 4 is 5.91 Å². The number of rotatable bonds is 8. The summed E-state index contributed by atoms with van der Waals surface area (Å²) >= 11 is 0. The van der Waals surface area contributed by atoms with Gasteiger partial charge in [0, 0.05) is 19.7 Å². The molecule has 1 aliphatic rings. The predicted molar refractivity (Wildman–Crippen MR) is 68.4 cm³/mol. The van der Waals surface area contributed by atoms with Crippen LogP contribution in [0.25, 0.3) is 0 Å². The molecule has 0 aromatic rings. The summed E-state index contributed by atoms with van der Waals surface area (Å²) in [4.78, 5) is 12.2. The van der Waals surface area contributed by atoms with Crippen molar-refractivity contribution in [2.45, 2.75) is 46.0 Å². The maximum Gasteiger partial charge on any atom is 0.227 e. The van der Waals surface area contributed by atoms with E-state index in [-0.39, 0.29) is 17.9 Å². The van der Waals surface area contributed by atoms with E-state index < -0.39 is 5.41 Å². The lowest BCUT2D eigenvalue weighted by Crippen LogP contribution is -2.46. The van der Waals surface area contributed by atoms with E-state index in [1.165, 1.54) is 0 Å². The predicted octanol–water partition coefficient (Wildman–Crippen LogP) is 1.03. The molecule has 4 heteroatoms. The summed E-state index contributed by atoms with van der Waals surface area (Å²) in [6.07, 6.45) is 4.57. The first kappa shape index (κ1) is 14.5. The Morgan fingerprint density at radius 1 is 1.41 bits per heavy atom. The number of nitrogens with two attached hydrogens (primary N) is 1. The lowest BCUT2D eigenvalue weighted by atomic mass is 9.81. The Morgan fingerprint density at radius 3 is 2.35 bits per heavy atom. The van der Waals surface area contributed by atoms with Crippen LogP contribution in [0.4, 0.5) is 0 Å². The molecule has 4 N–H and O–H groups in total. The van der Waals surface area contributed by atoms with Crippen LogP contribution >= 0.6 is 0 Å². The Kier molecular flexibility index (Phi) is 4.95. The van der Waals surface area contributed by atoms with Crippen LogP contribution < -0.4 is 11.1 Å². The van der Waals surface area contributed by atoms with Gasteiger partial charge >= 0.3 is 0 Å². The van der Waals surface area contributed by atoms with Gasteiger partial charge in [-0.25, -0.2) is 0 Å². The molecule has 4 nitrogen and oxygen atoms in total. The SMILES string of the molecule is CCC(CC)(CN)C(=O)NCC1(CCO)CC1. The average Bonchev–Trinajstić information content (AvgIpc) is 3.10. The van der Waals surface area contributed by atoms with Crippen molar-refractivity contribution in [1.29, 1.82) is 0 Å². The highest BCUT2D eigenvalue weighted by atomic mass is 16.3. The lowest BCUT2D eigenvalue weighted by molar-refractivity contribution is -0.131. The fourth-order valence-corrected chi connectivity index (χ4v) is 2.34. The van der Waals surface area contributed by atoms with Gasteiger partial charge in [0.15, 0.2) is 0 Å². The summed E-state index contributed by atoms with van der Waals surface area (Å²) in [5.74, 6) is 0.0780. The number of hydrogen-bond acceptors (Lipinski definition) is 3. The molecule has 100 valence electrons. The number of carbonyl (C=O) groups is 1. The minimum Gasteiger partial charge on any atom is -0.396 e. The highest BCUT2D eigenvalue weighted by Crippen LogP contribution is 2.48. The van der Waals surface area contributed by atoms with Gasteiger partial charge in [0.1, 0.15) is 0 Å². The van der Waals surface area contributed by atoms with E-state index >= 15 is 0 Å². The van der Waals surface area contributed by atoms with Gasteiger partial charge in [-0.15, -0.1) is 0 Å². The summed E-state index contributed by atoms with van der Waals surface area (Å²) in [6.45, 7) is 5.32. The summed E-state index contributed by atoms with van der Waals surface area (Å²) < 4.78 is 0. The Hall–Kier alpha value is -0.610. The molecule has 0 aliphatic heterocycles.